The molecule has 3 aromatic rings. The first-order chi connectivity index (χ1) is 13.4. The Balaban J connectivity index is 1.86. The number of amides is 1. The van der Waals surface area contributed by atoms with Crippen LogP contribution in [0.2, 0.25) is 15.1 Å². The van der Waals surface area contributed by atoms with Crippen molar-refractivity contribution in [3.63, 3.8) is 0 Å². The van der Waals surface area contributed by atoms with E-state index in [0.29, 0.717) is 27.3 Å². The molecule has 0 atom stereocenters. The monoisotopic (exact) mass is 430 g/mol. The van der Waals surface area contributed by atoms with Gasteiger partial charge in [0.25, 0.3) is 5.91 Å². The summed E-state index contributed by atoms with van der Waals surface area (Å²) >= 11 is 18.1. The molecular formula is C21H13Cl3N2O2. The van der Waals surface area contributed by atoms with Gasteiger partial charge in [0.15, 0.2) is 0 Å². The second-order valence-corrected chi connectivity index (χ2v) is 7.11. The van der Waals surface area contributed by atoms with Crippen LogP contribution in [-0.2, 0) is 4.79 Å². The maximum absolute atomic E-state index is 12.4. The summed E-state index contributed by atoms with van der Waals surface area (Å²) in [6.45, 7) is 1.94. The van der Waals surface area contributed by atoms with E-state index in [4.69, 9.17) is 39.2 Å². The molecule has 2 aromatic carbocycles. The van der Waals surface area contributed by atoms with Gasteiger partial charge < -0.3 is 9.73 Å². The molecule has 0 radical (unpaired) electrons. The smallest absolute Gasteiger partial charge is 0.266 e. The van der Waals surface area contributed by atoms with Crippen molar-refractivity contribution < 1.29 is 9.21 Å². The Morgan fingerprint density at radius 3 is 2.68 bits per heavy atom. The van der Waals surface area contributed by atoms with Crippen LogP contribution < -0.4 is 5.32 Å². The van der Waals surface area contributed by atoms with Crippen molar-refractivity contribution in [2.24, 2.45) is 0 Å². The van der Waals surface area contributed by atoms with Crippen LogP contribution in [0.25, 0.3) is 17.4 Å². The SMILES string of the molecule is Cc1ccc(Cl)cc1-c1ccc(/C=C(/C#N)C(=O)Nc2cccc(Cl)c2Cl)o1. The van der Waals surface area contributed by atoms with Gasteiger partial charge >= 0.3 is 0 Å². The summed E-state index contributed by atoms with van der Waals surface area (Å²) in [7, 11) is 0. The Morgan fingerprint density at radius 1 is 1.14 bits per heavy atom. The number of anilines is 1. The third-order valence-corrected chi connectivity index (χ3v) is 5.00. The molecule has 1 aromatic heterocycles. The van der Waals surface area contributed by atoms with E-state index in [-0.39, 0.29) is 10.6 Å². The lowest BCUT2D eigenvalue weighted by Crippen LogP contribution is -2.13. The van der Waals surface area contributed by atoms with Gasteiger partial charge in [-0.15, -0.1) is 0 Å². The standard InChI is InChI=1S/C21H13Cl3N2O2/c1-12-5-6-14(22)10-16(12)19-8-7-15(28-19)9-13(11-25)21(27)26-18-4-2-3-17(23)20(18)24/h2-10H,1H3,(H,26,27)/b13-9-. The summed E-state index contributed by atoms with van der Waals surface area (Å²) in [5.74, 6) is 0.323. The highest BCUT2D eigenvalue weighted by Gasteiger charge is 2.14. The third-order valence-electron chi connectivity index (χ3n) is 3.94. The number of hydrogen-bond acceptors (Lipinski definition) is 3. The van der Waals surface area contributed by atoms with Gasteiger partial charge in [0.05, 0.1) is 15.7 Å². The van der Waals surface area contributed by atoms with Crippen LogP contribution >= 0.6 is 34.8 Å². The molecule has 0 aliphatic carbocycles. The number of benzene rings is 2. The summed E-state index contributed by atoms with van der Waals surface area (Å²) < 4.78 is 5.77. The van der Waals surface area contributed by atoms with Gasteiger partial charge in [-0.3, -0.25) is 4.79 Å². The van der Waals surface area contributed by atoms with Crippen molar-refractivity contribution in [2.45, 2.75) is 6.92 Å². The number of halogens is 3. The molecule has 0 aliphatic rings. The van der Waals surface area contributed by atoms with Gasteiger partial charge in [0.1, 0.15) is 23.2 Å². The second-order valence-electron chi connectivity index (χ2n) is 5.89. The largest absolute Gasteiger partial charge is 0.457 e. The molecule has 28 heavy (non-hydrogen) atoms. The lowest BCUT2D eigenvalue weighted by molar-refractivity contribution is -0.112. The third kappa shape index (κ3) is 4.40. The minimum Gasteiger partial charge on any atom is -0.457 e. The van der Waals surface area contributed by atoms with E-state index in [1.54, 1.807) is 42.5 Å². The Kier molecular flexibility index (Phi) is 6.11. The van der Waals surface area contributed by atoms with Crippen LogP contribution in [0.15, 0.2) is 58.5 Å². The zero-order chi connectivity index (χ0) is 20.3. The van der Waals surface area contributed by atoms with E-state index >= 15 is 0 Å². The Labute approximate surface area is 176 Å². The number of nitrogens with zero attached hydrogens (tertiary/aromatic N) is 1. The van der Waals surface area contributed by atoms with Gasteiger partial charge in [-0.2, -0.15) is 5.26 Å². The van der Waals surface area contributed by atoms with Crippen molar-refractivity contribution in [1.29, 1.82) is 5.26 Å². The van der Waals surface area contributed by atoms with Crippen molar-refractivity contribution in [3.8, 4) is 17.4 Å². The fourth-order valence-electron chi connectivity index (χ4n) is 2.52. The second kappa shape index (κ2) is 8.53. The normalized spacial score (nSPS) is 11.2. The van der Waals surface area contributed by atoms with Crippen LogP contribution in [0.4, 0.5) is 5.69 Å². The highest BCUT2D eigenvalue weighted by Crippen LogP contribution is 2.31. The minimum atomic E-state index is -0.622. The van der Waals surface area contributed by atoms with Gasteiger partial charge in [0, 0.05) is 16.7 Å². The predicted octanol–water partition coefficient (Wildman–Crippen LogP) is 6.76. The first-order valence-electron chi connectivity index (χ1n) is 8.12. The molecule has 7 heteroatoms. The topological polar surface area (TPSA) is 66.0 Å². The van der Waals surface area contributed by atoms with Crippen molar-refractivity contribution in [2.75, 3.05) is 5.32 Å². The number of nitrogens with one attached hydrogen (secondary N) is 1. The van der Waals surface area contributed by atoms with Gasteiger partial charge in [0.2, 0.25) is 0 Å². The maximum atomic E-state index is 12.4. The van der Waals surface area contributed by atoms with E-state index in [1.807, 2.05) is 19.1 Å². The van der Waals surface area contributed by atoms with Gasteiger partial charge in [-0.25, -0.2) is 0 Å². The van der Waals surface area contributed by atoms with Crippen LogP contribution in [0.5, 0.6) is 0 Å². The summed E-state index contributed by atoms with van der Waals surface area (Å²) in [4.78, 5) is 12.4. The molecule has 0 spiro atoms. The molecule has 0 unspecified atom stereocenters. The maximum Gasteiger partial charge on any atom is 0.266 e. The predicted molar refractivity (Wildman–Crippen MR) is 113 cm³/mol. The fourth-order valence-corrected chi connectivity index (χ4v) is 3.04. The molecule has 1 amide bonds. The number of carbonyl (C=O) groups is 1. The number of furan rings is 1. The number of hydrogen-bond donors (Lipinski definition) is 1. The van der Waals surface area contributed by atoms with E-state index in [2.05, 4.69) is 5.32 Å². The molecule has 4 nitrogen and oxygen atoms in total. The number of aryl methyl sites for hydroxylation is 1. The quantitative estimate of drug-likeness (QED) is 0.366. The average molecular weight is 432 g/mol. The average Bonchev–Trinajstić information content (AvgIpc) is 3.13. The lowest BCUT2D eigenvalue weighted by Gasteiger charge is -2.07. The lowest BCUT2D eigenvalue weighted by atomic mass is 10.1. The first-order valence-corrected chi connectivity index (χ1v) is 9.26. The summed E-state index contributed by atoms with van der Waals surface area (Å²) in [5, 5.41) is 13.0. The van der Waals surface area contributed by atoms with Crippen LogP contribution in [0.3, 0.4) is 0 Å². The van der Waals surface area contributed by atoms with Gasteiger partial charge in [-0.1, -0.05) is 46.9 Å². The van der Waals surface area contributed by atoms with E-state index in [9.17, 15) is 10.1 Å². The molecule has 1 heterocycles. The zero-order valence-electron chi connectivity index (χ0n) is 14.6. The molecule has 140 valence electrons. The molecule has 0 saturated heterocycles. The Morgan fingerprint density at radius 2 is 1.93 bits per heavy atom. The fraction of sp³-hybridized carbons (Fsp3) is 0.0476. The van der Waals surface area contributed by atoms with Crippen LogP contribution in [0, 0.1) is 18.3 Å². The van der Waals surface area contributed by atoms with Crippen molar-refractivity contribution in [3.05, 3.63) is 80.5 Å². The molecule has 0 saturated carbocycles. The summed E-state index contributed by atoms with van der Waals surface area (Å²) in [6, 6.07) is 15.6. The molecule has 0 bridgehead atoms. The molecule has 0 fully saturated rings. The highest BCUT2D eigenvalue weighted by atomic mass is 35.5. The first kappa shape index (κ1) is 20.0. The van der Waals surface area contributed by atoms with Crippen molar-refractivity contribution >= 4 is 52.5 Å². The number of carbonyl (C=O) groups excluding carboxylic acids is 1. The minimum absolute atomic E-state index is 0.139. The Hall–Kier alpha value is -2.71. The van der Waals surface area contributed by atoms with Crippen molar-refractivity contribution in [1.82, 2.24) is 0 Å². The molecular weight excluding hydrogens is 419 g/mol. The molecule has 3 rings (SSSR count). The highest BCUT2D eigenvalue weighted by molar-refractivity contribution is 6.44. The van der Waals surface area contributed by atoms with Crippen LogP contribution in [0.1, 0.15) is 11.3 Å². The number of nitriles is 1. The number of rotatable bonds is 4. The summed E-state index contributed by atoms with van der Waals surface area (Å²) in [5.41, 5.74) is 2.00. The van der Waals surface area contributed by atoms with E-state index in [0.717, 1.165) is 11.1 Å². The van der Waals surface area contributed by atoms with E-state index < -0.39 is 5.91 Å². The Bertz CT molecular complexity index is 1130. The zero-order valence-corrected chi connectivity index (χ0v) is 16.9. The molecule has 1 N–H and O–H groups in total. The van der Waals surface area contributed by atoms with E-state index in [1.165, 1.54) is 6.08 Å². The molecule has 0 aliphatic heterocycles. The van der Waals surface area contributed by atoms with Gasteiger partial charge in [-0.05, 0) is 48.9 Å². The summed E-state index contributed by atoms with van der Waals surface area (Å²) in [6.07, 6.45) is 1.36. The van der Waals surface area contributed by atoms with Crippen LogP contribution in [-0.4, -0.2) is 5.91 Å².